The molecule has 0 heterocycles. The number of thioether (sulfide) groups is 1. The van der Waals surface area contributed by atoms with Crippen molar-refractivity contribution in [3.63, 3.8) is 0 Å². The van der Waals surface area contributed by atoms with Crippen molar-refractivity contribution in [3.8, 4) is 0 Å². The number of carbonyl (C=O) groups is 3. The summed E-state index contributed by atoms with van der Waals surface area (Å²) < 4.78 is 4.74. The number of nitrogens with one attached hydrogen (secondary N) is 2. The predicted molar refractivity (Wildman–Crippen MR) is 75.3 cm³/mol. The molecule has 7 heteroatoms. The number of imide groups is 1. The van der Waals surface area contributed by atoms with E-state index in [4.69, 9.17) is 4.74 Å². The molecule has 0 radical (unpaired) electrons. The zero-order valence-electron chi connectivity index (χ0n) is 11.0. The van der Waals surface area contributed by atoms with Gasteiger partial charge in [-0.05, 0) is 12.1 Å². The third-order valence-corrected chi connectivity index (χ3v) is 3.18. The highest BCUT2D eigenvalue weighted by molar-refractivity contribution is 7.99. The van der Waals surface area contributed by atoms with Gasteiger partial charge in [-0.3, -0.25) is 14.9 Å². The average Bonchev–Trinajstić information content (AvgIpc) is 2.46. The number of carbonyl (C=O) groups excluding carboxylic acids is 3. The van der Waals surface area contributed by atoms with Gasteiger partial charge in [0.25, 0.3) is 5.91 Å². The summed E-state index contributed by atoms with van der Waals surface area (Å²) in [5.41, 5.74) is 0. The molecule has 0 spiro atoms. The Balaban J connectivity index is 2.14. The molecule has 3 amide bonds. The van der Waals surface area contributed by atoms with E-state index in [9.17, 15) is 14.4 Å². The third-order valence-electron chi connectivity index (χ3n) is 2.16. The average molecular weight is 296 g/mol. The second kappa shape index (κ2) is 8.98. The van der Waals surface area contributed by atoms with E-state index in [0.29, 0.717) is 5.75 Å². The van der Waals surface area contributed by atoms with Crippen LogP contribution in [-0.4, -0.2) is 37.3 Å². The summed E-state index contributed by atoms with van der Waals surface area (Å²) in [6.07, 6.45) is 0.201. The van der Waals surface area contributed by atoms with Crippen molar-refractivity contribution < 1.29 is 19.1 Å². The second-order valence-electron chi connectivity index (χ2n) is 3.70. The molecule has 1 aromatic carbocycles. The van der Waals surface area contributed by atoms with Gasteiger partial charge in [-0.2, -0.15) is 0 Å². The maximum atomic E-state index is 11.4. The highest BCUT2D eigenvalue weighted by atomic mass is 32.2. The van der Waals surface area contributed by atoms with Crippen molar-refractivity contribution in [2.45, 2.75) is 11.3 Å². The zero-order chi connectivity index (χ0) is 14.8. The standard InChI is InChI=1S/C13H16N2O4S/c1-14-13(18)15-11(16)9-19-12(17)7-8-20-10-5-3-2-4-6-10/h2-6H,7-9H2,1H3,(H2,14,15,16,18). The Hall–Kier alpha value is -2.02. The van der Waals surface area contributed by atoms with E-state index < -0.39 is 24.5 Å². The molecular formula is C13H16N2O4S. The highest BCUT2D eigenvalue weighted by Crippen LogP contribution is 2.17. The van der Waals surface area contributed by atoms with E-state index in [1.165, 1.54) is 18.8 Å². The number of esters is 1. The number of urea groups is 1. The Morgan fingerprint density at radius 1 is 1.20 bits per heavy atom. The van der Waals surface area contributed by atoms with Gasteiger partial charge in [-0.15, -0.1) is 11.8 Å². The number of ether oxygens (including phenoxy) is 1. The lowest BCUT2D eigenvalue weighted by molar-refractivity contribution is -0.147. The molecule has 2 N–H and O–H groups in total. The van der Waals surface area contributed by atoms with Crippen molar-refractivity contribution in [2.75, 3.05) is 19.4 Å². The number of hydrogen-bond donors (Lipinski definition) is 2. The van der Waals surface area contributed by atoms with Crippen LogP contribution in [0.2, 0.25) is 0 Å². The molecule has 0 saturated heterocycles. The number of benzene rings is 1. The van der Waals surface area contributed by atoms with Gasteiger partial charge in [0.1, 0.15) is 0 Å². The van der Waals surface area contributed by atoms with Crippen LogP contribution in [0.25, 0.3) is 0 Å². The molecule has 0 bridgehead atoms. The van der Waals surface area contributed by atoms with Gasteiger partial charge < -0.3 is 10.1 Å². The molecule has 0 unspecified atom stereocenters. The van der Waals surface area contributed by atoms with E-state index in [0.717, 1.165) is 4.90 Å². The van der Waals surface area contributed by atoms with Crippen LogP contribution in [0.5, 0.6) is 0 Å². The summed E-state index contributed by atoms with van der Waals surface area (Å²) >= 11 is 1.53. The Kier molecular flexibility index (Phi) is 7.20. The summed E-state index contributed by atoms with van der Waals surface area (Å²) in [6, 6.07) is 9.03. The molecule has 0 aliphatic carbocycles. The van der Waals surface area contributed by atoms with Crippen molar-refractivity contribution in [1.82, 2.24) is 10.6 Å². The van der Waals surface area contributed by atoms with Crippen LogP contribution >= 0.6 is 11.8 Å². The maximum Gasteiger partial charge on any atom is 0.321 e. The molecule has 0 aliphatic rings. The van der Waals surface area contributed by atoms with Gasteiger partial charge in [-0.1, -0.05) is 18.2 Å². The minimum atomic E-state index is -0.659. The van der Waals surface area contributed by atoms with Crippen molar-refractivity contribution >= 4 is 29.7 Å². The Labute approximate surface area is 121 Å². The van der Waals surface area contributed by atoms with Crippen molar-refractivity contribution in [3.05, 3.63) is 30.3 Å². The monoisotopic (exact) mass is 296 g/mol. The SMILES string of the molecule is CNC(=O)NC(=O)COC(=O)CCSc1ccccc1. The summed E-state index contributed by atoms with van der Waals surface area (Å²) in [5.74, 6) is -0.561. The fourth-order valence-electron chi connectivity index (χ4n) is 1.21. The Morgan fingerprint density at radius 3 is 2.55 bits per heavy atom. The molecule has 1 rings (SSSR count). The van der Waals surface area contributed by atoms with Gasteiger partial charge in [0.15, 0.2) is 6.61 Å². The van der Waals surface area contributed by atoms with Gasteiger partial charge in [0.2, 0.25) is 0 Å². The number of hydrogen-bond acceptors (Lipinski definition) is 5. The first-order valence-corrected chi connectivity index (χ1v) is 6.95. The topological polar surface area (TPSA) is 84.5 Å². The van der Waals surface area contributed by atoms with E-state index in [1.54, 1.807) is 0 Å². The van der Waals surface area contributed by atoms with Gasteiger partial charge in [0.05, 0.1) is 6.42 Å². The molecular weight excluding hydrogens is 280 g/mol. The first kappa shape index (κ1) is 16.0. The molecule has 108 valence electrons. The van der Waals surface area contributed by atoms with E-state index in [1.807, 2.05) is 35.6 Å². The van der Waals surface area contributed by atoms with E-state index >= 15 is 0 Å². The normalized spacial score (nSPS) is 9.65. The Bertz CT molecular complexity index is 465. The lowest BCUT2D eigenvalue weighted by atomic mass is 10.4. The smallest absolute Gasteiger partial charge is 0.321 e. The largest absolute Gasteiger partial charge is 0.456 e. The first-order valence-electron chi connectivity index (χ1n) is 5.97. The van der Waals surface area contributed by atoms with Crippen molar-refractivity contribution in [2.24, 2.45) is 0 Å². The summed E-state index contributed by atoms with van der Waals surface area (Å²) in [6.45, 7) is -0.456. The van der Waals surface area contributed by atoms with Gasteiger partial charge in [-0.25, -0.2) is 4.79 Å². The number of rotatable bonds is 6. The minimum Gasteiger partial charge on any atom is -0.456 e. The summed E-state index contributed by atoms with van der Waals surface area (Å²) in [4.78, 5) is 34.4. The van der Waals surface area contributed by atoms with Crippen LogP contribution in [-0.2, 0) is 14.3 Å². The van der Waals surface area contributed by atoms with Crippen LogP contribution in [0.3, 0.4) is 0 Å². The number of amides is 3. The molecule has 0 saturated carbocycles. The molecule has 1 aromatic rings. The molecule has 0 atom stereocenters. The fourth-order valence-corrected chi connectivity index (χ4v) is 2.07. The first-order chi connectivity index (χ1) is 9.61. The lowest BCUT2D eigenvalue weighted by Gasteiger charge is -2.05. The van der Waals surface area contributed by atoms with Crippen molar-refractivity contribution in [1.29, 1.82) is 0 Å². The molecule has 0 aliphatic heterocycles. The van der Waals surface area contributed by atoms with E-state index in [-0.39, 0.29) is 6.42 Å². The molecule has 6 nitrogen and oxygen atoms in total. The zero-order valence-corrected chi connectivity index (χ0v) is 11.9. The fraction of sp³-hybridized carbons (Fsp3) is 0.308. The maximum absolute atomic E-state index is 11.4. The van der Waals surface area contributed by atoms with Crippen LogP contribution in [0, 0.1) is 0 Å². The quantitative estimate of drug-likeness (QED) is 0.608. The predicted octanol–water partition coefficient (Wildman–Crippen LogP) is 1.17. The minimum absolute atomic E-state index is 0.201. The molecule has 20 heavy (non-hydrogen) atoms. The summed E-state index contributed by atoms with van der Waals surface area (Å²) in [5, 5.41) is 4.22. The second-order valence-corrected chi connectivity index (χ2v) is 4.87. The lowest BCUT2D eigenvalue weighted by Crippen LogP contribution is -2.39. The van der Waals surface area contributed by atoms with E-state index in [2.05, 4.69) is 5.32 Å². The molecule has 0 aromatic heterocycles. The van der Waals surface area contributed by atoms with Crippen LogP contribution in [0.1, 0.15) is 6.42 Å². The molecule has 0 fully saturated rings. The third kappa shape index (κ3) is 6.79. The highest BCUT2D eigenvalue weighted by Gasteiger charge is 2.09. The van der Waals surface area contributed by atoms with Crippen LogP contribution in [0.15, 0.2) is 35.2 Å². The Morgan fingerprint density at radius 2 is 1.90 bits per heavy atom. The summed E-state index contributed by atoms with van der Waals surface area (Å²) in [7, 11) is 1.38. The van der Waals surface area contributed by atoms with Crippen LogP contribution < -0.4 is 10.6 Å². The van der Waals surface area contributed by atoms with Gasteiger partial charge >= 0.3 is 12.0 Å². The van der Waals surface area contributed by atoms with Gasteiger partial charge in [0, 0.05) is 17.7 Å². The van der Waals surface area contributed by atoms with Crippen LogP contribution in [0.4, 0.5) is 4.79 Å².